The first-order valence-corrected chi connectivity index (χ1v) is 7.17. The number of Topliss-reactive ketones (excluding diaryl/α,β-unsaturated/α-hetero) is 1. The predicted molar refractivity (Wildman–Crippen MR) is 74.0 cm³/mol. The highest BCUT2D eigenvalue weighted by molar-refractivity contribution is 7.99. The molecule has 0 aromatic heterocycles. The summed E-state index contributed by atoms with van der Waals surface area (Å²) < 4.78 is 0. The third-order valence-corrected chi connectivity index (χ3v) is 4.23. The minimum absolute atomic E-state index is 0.0433. The van der Waals surface area contributed by atoms with Crippen molar-refractivity contribution in [2.45, 2.75) is 25.2 Å². The first-order chi connectivity index (χ1) is 8.65. The molecule has 0 bridgehead atoms. The second-order valence-corrected chi connectivity index (χ2v) is 5.51. The predicted octanol–water partition coefficient (Wildman–Crippen LogP) is 2.74. The van der Waals surface area contributed by atoms with E-state index in [1.165, 1.54) is 6.92 Å². The summed E-state index contributed by atoms with van der Waals surface area (Å²) in [6.07, 6.45) is 0.569. The highest BCUT2D eigenvalue weighted by atomic mass is 32.2. The van der Waals surface area contributed by atoms with E-state index in [1.807, 2.05) is 31.2 Å². The minimum Gasteiger partial charge on any atom is -0.310 e. The largest absolute Gasteiger partial charge is 0.310 e. The maximum absolute atomic E-state index is 12.4. The van der Waals surface area contributed by atoms with Crippen LogP contribution in [0.1, 0.15) is 20.3 Å². The molecule has 0 N–H and O–H groups in total. The molecular formula is C14H17NO2S. The number of fused-ring (bicyclic) bond motifs is 1. The van der Waals surface area contributed by atoms with E-state index < -0.39 is 5.92 Å². The number of amides is 1. The number of ketones is 1. The van der Waals surface area contributed by atoms with Gasteiger partial charge in [0.1, 0.15) is 5.78 Å². The van der Waals surface area contributed by atoms with Gasteiger partial charge in [-0.3, -0.25) is 9.59 Å². The number of rotatable bonds is 3. The van der Waals surface area contributed by atoms with E-state index in [0.29, 0.717) is 13.0 Å². The van der Waals surface area contributed by atoms with Crippen LogP contribution in [-0.4, -0.2) is 24.0 Å². The zero-order valence-electron chi connectivity index (χ0n) is 10.7. The van der Waals surface area contributed by atoms with E-state index in [9.17, 15) is 9.59 Å². The molecule has 1 aromatic rings. The number of anilines is 1. The molecular weight excluding hydrogens is 246 g/mol. The van der Waals surface area contributed by atoms with Crippen molar-refractivity contribution in [3.8, 4) is 0 Å². The van der Waals surface area contributed by atoms with Crippen LogP contribution in [-0.2, 0) is 9.59 Å². The van der Waals surface area contributed by atoms with Gasteiger partial charge in [0.05, 0.1) is 11.6 Å². The lowest BCUT2D eigenvalue weighted by molar-refractivity contribution is -0.131. The Balaban J connectivity index is 2.30. The summed E-state index contributed by atoms with van der Waals surface area (Å²) in [7, 11) is 0. The van der Waals surface area contributed by atoms with Gasteiger partial charge in [0.15, 0.2) is 0 Å². The minimum atomic E-state index is -0.499. The quantitative estimate of drug-likeness (QED) is 0.787. The summed E-state index contributed by atoms with van der Waals surface area (Å²) in [6, 6.07) is 7.88. The van der Waals surface area contributed by atoms with Crippen molar-refractivity contribution in [2.24, 2.45) is 5.92 Å². The highest BCUT2D eigenvalue weighted by Crippen LogP contribution is 2.35. The summed E-state index contributed by atoms with van der Waals surface area (Å²) in [5.41, 5.74) is 0.943. The van der Waals surface area contributed by atoms with Crippen LogP contribution >= 0.6 is 11.8 Å². The van der Waals surface area contributed by atoms with Gasteiger partial charge in [0.2, 0.25) is 5.91 Å². The molecule has 1 aliphatic rings. The van der Waals surface area contributed by atoms with Gasteiger partial charge in [0, 0.05) is 17.2 Å². The molecule has 0 fully saturated rings. The first-order valence-electron chi connectivity index (χ1n) is 6.18. The maximum atomic E-state index is 12.4. The molecule has 0 spiro atoms. The van der Waals surface area contributed by atoms with Crippen molar-refractivity contribution >= 4 is 29.1 Å². The fourth-order valence-corrected chi connectivity index (χ4v) is 3.22. The SMILES string of the molecule is CCC(C(C)=O)C(=O)N1CCSc2ccccc21. The summed E-state index contributed by atoms with van der Waals surface area (Å²) in [5, 5.41) is 0. The Bertz CT molecular complexity index is 473. The molecule has 1 heterocycles. The third-order valence-electron chi connectivity index (χ3n) is 3.19. The van der Waals surface area contributed by atoms with Gasteiger partial charge >= 0.3 is 0 Å². The van der Waals surface area contributed by atoms with E-state index in [0.717, 1.165) is 16.3 Å². The van der Waals surface area contributed by atoms with Crippen molar-refractivity contribution in [3.63, 3.8) is 0 Å². The molecule has 1 amide bonds. The molecule has 0 radical (unpaired) electrons. The maximum Gasteiger partial charge on any atom is 0.237 e. The highest BCUT2D eigenvalue weighted by Gasteiger charge is 2.30. The van der Waals surface area contributed by atoms with Crippen LogP contribution in [0.15, 0.2) is 29.2 Å². The van der Waals surface area contributed by atoms with Gasteiger partial charge in [-0.15, -0.1) is 11.8 Å². The zero-order valence-corrected chi connectivity index (χ0v) is 11.5. The zero-order chi connectivity index (χ0) is 13.1. The molecule has 1 unspecified atom stereocenters. The van der Waals surface area contributed by atoms with E-state index in [2.05, 4.69) is 0 Å². The molecule has 1 atom stereocenters. The Morgan fingerprint density at radius 3 is 2.78 bits per heavy atom. The Hall–Kier alpha value is -1.29. The molecule has 18 heavy (non-hydrogen) atoms. The van der Waals surface area contributed by atoms with Crippen molar-refractivity contribution in [2.75, 3.05) is 17.2 Å². The number of carbonyl (C=O) groups is 2. The second kappa shape index (κ2) is 5.57. The van der Waals surface area contributed by atoms with Gasteiger partial charge in [-0.05, 0) is 25.5 Å². The standard InChI is InChI=1S/C14H17NO2S/c1-3-11(10(2)16)14(17)15-8-9-18-13-7-5-4-6-12(13)15/h4-7,11H,3,8-9H2,1-2H3. The monoisotopic (exact) mass is 263 g/mol. The number of thioether (sulfide) groups is 1. The number of benzene rings is 1. The molecule has 0 saturated carbocycles. The third kappa shape index (κ3) is 2.43. The van der Waals surface area contributed by atoms with Crippen LogP contribution in [0.5, 0.6) is 0 Å². The van der Waals surface area contributed by atoms with Crippen molar-refractivity contribution in [1.82, 2.24) is 0 Å². The van der Waals surface area contributed by atoms with E-state index in [-0.39, 0.29) is 11.7 Å². The van der Waals surface area contributed by atoms with Gasteiger partial charge in [-0.1, -0.05) is 19.1 Å². The number of para-hydroxylation sites is 1. The summed E-state index contributed by atoms with van der Waals surface area (Å²) >= 11 is 1.76. The molecule has 1 aliphatic heterocycles. The number of carbonyl (C=O) groups excluding carboxylic acids is 2. The lowest BCUT2D eigenvalue weighted by atomic mass is 10.00. The molecule has 0 aliphatic carbocycles. The van der Waals surface area contributed by atoms with E-state index in [1.54, 1.807) is 16.7 Å². The van der Waals surface area contributed by atoms with Gasteiger partial charge in [0.25, 0.3) is 0 Å². The van der Waals surface area contributed by atoms with Gasteiger partial charge in [-0.25, -0.2) is 0 Å². The lowest BCUT2D eigenvalue weighted by Crippen LogP contribution is -2.41. The van der Waals surface area contributed by atoms with E-state index in [4.69, 9.17) is 0 Å². The Labute approximate surface area is 112 Å². The van der Waals surface area contributed by atoms with Crippen molar-refractivity contribution in [1.29, 1.82) is 0 Å². The smallest absolute Gasteiger partial charge is 0.237 e. The van der Waals surface area contributed by atoms with Gasteiger partial charge in [-0.2, -0.15) is 0 Å². The van der Waals surface area contributed by atoms with Crippen LogP contribution in [0, 0.1) is 5.92 Å². The Morgan fingerprint density at radius 2 is 2.11 bits per heavy atom. The summed E-state index contributed by atoms with van der Waals surface area (Å²) in [5.74, 6) is 0.286. The fraction of sp³-hybridized carbons (Fsp3) is 0.429. The number of hydrogen-bond acceptors (Lipinski definition) is 3. The Kier molecular flexibility index (Phi) is 4.07. The average Bonchev–Trinajstić information content (AvgIpc) is 2.38. The van der Waals surface area contributed by atoms with E-state index >= 15 is 0 Å². The first kappa shape index (κ1) is 13.1. The molecule has 3 nitrogen and oxygen atoms in total. The molecule has 4 heteroatoms. The van der Waals surface area contributed by atoms with Crippen LogP contribution in [0.25, 0.3) is 0 Å². The van der Waals surface area contributed by atoms with Crippen LogP contribution in [0.4, 0.5) is 5.69 Å². The van der Waals surface area contributed by atoms with Crippen LogP contribution < -0.4 is 4.90 Å². The van der Waals surface area contributed by atoms with Crippen molar-refractivity contribution in [3.05, 3.63) is 24.3 Å². The second-order valence-electron chi connectivity index (χ2n) is 4.38. The molecule has 1 aromatic carbocycles. The number of nitrogens with zero attached hydrogens (tertiary/aromatic N) is 1. The fourth-order valence-electron chi connectivity index (χ4n) is 2.22. The summed E-state index contributed by atoms with van der Waals surface area (Å²) in [6.45, 7) is 4.07. The Morgan fingerprint density at radius 1 is 1.39 bits per heavy atom. The lowest BCUT2D eigenvalue weighted by Gasteiger charge is -2.31. The molecule has 2 rings (SSSR count). The summed E-state index contributed by atoms with van der Waals surface area (Å²) in [4.78, 5) is 26.8. The number of hydrogen-bond donors (Lipinski definition) is 0. The van der Waals surface area contributed by atoms with Crippen molar-refractivity contribution < 1.29 is 9.59 Å². The average molecular weight is 263 g/mol. The van der Waals surface area contributed by atoms with Crippen LogP contribution in [0.3, 0.4) is 0 Å². The normalized spacial score (nSPS) is 16.0. The molecule has 96 valence electrons. The molecule has 0 saturated heterocycles. The van der Waals surface area contributed by atoms with Gasteiger partial charge < -0.3 is 4.90 Å². The topological polar surface area (TPSA) is 37.4 Å². The van der Waals surface area contributed by atoms with Crippen LogP contribution in [0.2, 0.25) is 0 Å².